The van der Waals surface area contributed by atoms with E-state index in [0.717, 1.165) is 30.0 Å². The third kappa shape index (κ3) is 5.00. The van der Waals surface area contributed by atoms with E-state index in [-0.39, 0.29) is 29.0 Å². The summed E-state index contributed by atoms with van der Waals surface area (Å²) in [6.45, 7) is 4.64. The maximum atomic E-state index is 12.0. The highest BCUT2D eigenvalue weighted by Crippen LogP contribution is 2.27. The second-order valence-electron chi connectivity index (χ2n) is 8.24. The number of carbonyl (C=O) groups excluding carboxylic acids is 1. The van der Waals surface area contributed by atoms with Crippen LogP contribution < -0.4 is 15.4 Å². The number of aryl methyl sites for hydroxylation is 2. The van der Waals surface area contributed by atoms with Gasteiger partial charge in [-0.2, -0.15) is 5.26 Å². The molecule has 0 bridgehead atoms. The molecule has 1 atom stereocenters. The number of hydrogen-bond acceptors (Lipinski definition) is 9. The number of nitrogens with two attached hydrogens (primary N) is 1. The van der Waals surface area contributed by atoms with Gasteiger partial charge in [0.15, 0.2) is 0 Å². The summed E-state index contributed by atoms with van der Waals surface area (Å²) in [5.41, 5.74) is 1.99. The number of hydrogen-bond donors (Lipinski definition) is 2. The van der Waals surface area contributed by atoms with Crippen molar-refractivity contribution in [2.75, 3.05) is 31.1 Å². The van der Waals surface area contributed by atoms with E-state index in [4.69, 9.17) is 19.5 Å². The Balaban J connectivity index is 1.61. The Kier molecular flexibility index (Phi) is 6.64. The highest BCUT2D eigenvalue weighted by molar-refractivity contribution is 7.89. The van der Waals surface area contributed by atoms with Crippen molar-refractivity contribution >= 4 is 21.7 Å². The lowest BCUT2D eigenvalue weighted by Crippen LogP contribution is -2.55. The Morgan fingerprint density at radius 1 is 1.36 bits per heavy atom. The van der Waals surface area contributed by atoms with Crippen molar-refractivity contribution in [1.82, 2.24) is 20.2 Å². The summed E-state index contributed by atoms with van der Waals surface area (Å²) in [5.74, 6) is 1.65. The smallest absolute Gasteiger partial charge is 0.241 e. The van der Waals surface area contributed by atoms with Crippen molar-refractivity contribution in [3.05, 3.63) is 35.2 Å². The number of primary sulfonamides is 1. The minimum Gasteiger partial charge on any atom is -0.468 e. The standard InChI is InChI=1S/C21H27N7O4S/c1-14(29)28-10-9-27(13-15(28)4-7-22)21-16-5-8-24-12-17(16)25-20(26-21)3-2-18-19(6-11-32-18)33(23,30)31/h6,11,15,24H,2-5,8-10,12-13H2,1H3,(H2,23,30,31)/t15-/m0/s1. The summed E-state index contributed by atoms with van der Waals surface area (Å²) in [6, 6.07) is 3.34. The fraction of sp³-hybridized carbons (Fsp3) is 0.524. The van der Waals surface area contributed by atoms with Crippen LogP contribution in [0, 0.1) is 11.3 Å². The first-order chi connectivity index (χ1) is 15.8. The summed E-state index contributed by atoms with van der Waals surface area (Å²) in [7, 11) is -3.87. The largest absolute Gasteiger partial charge is 0.468 e. The van der Waals surface area contributed by atoms with Crippen LogP contribution in [-0.2, 0) is 40.6 Å². The van der Waals surface area contributed by atoms with Crippen LogP contribution in [0.25, 0.3) is 0 Å². The highest BCUT2D eigenvalue weighted by atomic mass is 32.2. The lowest BCUT2D eigenvalue weighted by atomic mass is 10.0. The van der Waals surface area contributed by atoms with E-state index in [1.807, 2.05) is 0 Å². The number of fused-ring (bicyclic) bond motifs is 1. The molecule has 1 fully saturated rings. The third-order valence-electron chi connectivity index (χ3n) is 6.06. The number of sulfonamides is 1. The van der Waals surface area contributed by atoms with Gasteiger partial charge in [0.2, 0.25) is 15.9 Å². The van der Waals surface area contributed by atoms with E-state index in [2.05, 4.69) is 16.3 Å². The molecule has 0 saturated carbocycles. The van der Waals surface area contributed by atoms with Crippen molar-refractivity contribution in [2.45, 2.75) is 50.1 Å². The summed E-state index contributed by atoms with van der Waals surface area (Å²) in [4.78, 5) is 25.4. The average molecular weight is 474 g/mol. The molecule has 11 nitrogen and oxygen atoms in total. The zero-order valence-electron chi connectivity index (χ0n) is 18.5. The predicted molar refractivity (Wildman–Crippen MR) is 119 cm³/mol. The molecule has 2 aliphatic rings. The molecule has 2 aromatic heterocycles. The molecule has 0 unspecified atom stereocenters. The van der Waals surface area contributed by atoms with E-state index in [1.165, 1.54) is 19.3 Å². The van der Waals surface area contributed by atoms with Crippen LogP contribution in [0.4, 0.5) is 5.82 Å². The van der Waals surface area contributed by atoms with Crippen molar-refractivity contribution in [3.8, 4) is 6.07 Å². The van der Waals surface area contributed by atoms with Crippen molar-refractivity contribution < 1.29 is 17.6 Å². The summed E-state index contributed by atoms with van der Waals surface area (Å²) in [6.07, 6.45) is 3.02. The normalized spacial score (nSPS) is 18.6. The van der Waals surface area contributed by atoms with Crippen molar-refractivity contribution in [2.24, 2.45) is 5.14 Å². The number of anilines is 1. The molecule has 2 aromatic rings. The van der Waals surface area contributed by atoms with Gasteiger partial charge in [0.1, 0.15) is 22.3 Å². The zero-order chi connectivity index (χ0) is 23.6. The van der Waals surface area contributed by atoms with Gasteiger partial charge in [-0.1, -0.05) is 0 Å². The van der Waals surface area contributed by atoms with E-state index in [0.29, 0.717) is 44.8 Å². The molecule has 1 amide bonds. The molecule has 0 radical (unpaired) electrons. The lowest BCUT2D eigenvalue weighted by Gasteiger charge is -2.41. The maximum absolute atomic E-state index is 12.0. The molecule has 12 heteroatoms. The molecule has 2 aliphatic heterocycles. The van der Waals surface area contributed by atoms with Gasteiger partial charge in [0.05, 0.1) is 30.5 Å². The second kappa shape index (κ2) is 9.46. The molecule has 3 N–H and O–H groups in total. The first-order valence-electron chi connectivity index (χ1n) is 10.9. The van der Waals surface area contributed by atoms with Gasteiger partial charge in [-0.3, -0.25) is 4.79 Å². The van der Waals surface area contributed by atoms with Crippen LogP contribution in [0.2, 0.25) is 0 Å². The minimum atomic E-state index is -3.87. The molecular formula is C21H27N7O4S. The van der Waals surface area contributed by atoms with Crippen LogP contribution in [0.1, 0.15) is 36.2 Å². The second-order valence-corrected chi connectivity index (χ2v) is 9.77. The van der Waals surface area contributed by atoms with Gasteiger partial charge in [-0.15, -0.1) is 0 Å². The fourth-order valence-electron chi connectivity index (χ4n) is 4.50. The minimum absolute atomic E-state index is 0.0259. The first kappa shape index (κ1) is 23.2. The molecule has 4 heterocycles. The van der Waals surface area contributed by atoms with Crippen LogP contribution in [0.3, 0.4) is 0 Å². The number of aromatic nitrogens is 2. The topological polar surface area (TPSA) is 158 Å². The zero-order valence-corrected chi connectivity index (χ0v) is 19.3. The van der Waals surface area contributed by atoms with Gasteiger partial charge in [-0.05, 0) is 19.0 Å². The highest BCUT2D eigenvalue weighted by Gasteiger charge is 2.31. The molecule has 33 heavy (non-hydrogen) atoms. The van der Waals surface area contributed by atoms with Crippen LogP contribution >= 0.6 is 0 Å². The number of piperazine rings is 1. The fourth-order valence-corrected chi connectivity index (χ4v) is 5.21. The number of nitrogens with one attached hydrogen (secondary N) is 1. The van der Waals surface area contributed by atoms with Gasteiger partial charge < -0.3 is 19.5 Å². The SMILES string of the molecule is CC(=O)N1CCN(c2nc(CCc3occc3S(N)(=O)=O)nc3c2CCNC3)C[C@@H]1CC#N. The van der Waals surface area contributed by atoms with E-state index in [1.54, 1.807) is 4.90 Å². The summed E-state index contributed by atoms with van der Waals surface area (Å²) < 4.78 is 28.9. The Bertz CT molecular complexity index is 1190. The molecule has 4 rings (SSSR count). The number of furan rings is 1. The molecular weight excluding hydrogens is 446 g/mol. The third-order valence-corrected chi connectivity index (χ3v) is 7.04. The van der Waals surface area contributed by atoms with Gasteiger partial charge in [0.25, 0.3) is 0 Å². The van der Waals surface area contributed by atoms with Gasteiger partial charge in [0, 0.05) is 51.5 Å². The first-order valence-corrected chi connectivity index (χ1v) is 12.4. The number of rotatable bonds is 6. The lowest BCUT2D eigenvalue weighted by molar-refractivity contribution is -0.131. The van der Waals surface area contributed by atoms with Gasteiger partial charge in [-0.25, -0.2) is 23.5 Å². The molecule has 176 valence electrons. The number of amides is 1. The Labute approximate surface area is 192 Å². The molecule has 0 aliphatic carbocycles. The van der Waals surface area contributed by atoms with E-state index in [9.17, 15) is 18.5 Å². The Morgan fingerprint density at radius 2 is 2.18 bits per heavy atom. The molecule has 0 spiro atoms. The maximum Gasteiger partial charge on any atom is 0.241 e. The van der Waals surface area contributed by atoms with Crippen molar-refractivity contribution in [1.29, 1.82) is 5.26 Å². The number of carbonyl (C=O) groups is 1. The number of nitrogens with zero attached hydrogens (tertiary/aromatic N) is 5. The van der Waals surface area contributed by atoms with Crippen LogP contribution in [-0.4, -0.2) is 61.4 Å². The monoisotopic (exact) mass is 473 g/mol. The quantitative estimate of drug-likeness (QED) is 0.593. The average Bonchev–Trinajstić information content (AvgIpc) is 3.26. The van der Waals surface area contributed by atoms with Crippen LogP contribution in [0.15, 0.2) is 21.6 Å². The predicted octanol–water partition coefficient (Wildman–Crippen LogP) is 0.0987. The molecule has 1 saturated heterocycles. The van der Waals surface area contributed by atoms with E-state index < -0.39 is 10.0 Å². The van der Waals surface area contributed by atoms with Crippen molar-refractivity contribution in [3.63, 3.8) is 0 Å². The van der Waals surface area contributed by atoms with Gasteiger partial charge >= 0.3 is 0 Å². The van der Waals surface area contributed by atoms with E-state index >= 15 is 0 Å². The van der Waals surface area contributed by atoms with Crippen LogP contribution in [0.5, 0.6) is 0 Å². The number of nitriles is 1. The Hall–Kier alpha value is -3.01. The Morgan fingerprint density at radius 3 is 2.91 bits per heavy atom. The molecule has 0 aromatic carbocycles. The summed E-state index contributed by atoms with van der Waals surface area (Å²) >= 11 is 0. The summed E-state index contributed by atoms with van der Waals surface area (Å²) in [5, 5.41) is 17.8.